The van der Waals surface area contributed by atoms with E-state index in [1.165, 1.54) is 0 Å². The van der Waals surface area contributed by atoms with Crippen molar-refractivity contribution in [2.24, 2.45) is 0 Å². The van der Waals surface area contributed by atoms with E-state index >= 15 is 0 Å². The quantitative estimate of drug-likeness (QED) is 0.866. The van der Waals surface area contributed by atoms with E-state index in [9.17, 15) is 4.79 Å². The summed E-state index contributed by atoms with van der Waals surface area (Å²) in [6.45, 7) is 6.10. The normalized spacial score (nSPS) is 13.9. The molecule has 0 spiro atoms. The average Bonchev–Trinajstić information content (AvgIpc) is 2.62. The number of ether oxygens (including phenoxy) is 2. The standard InChI is InChI=1S/C15H22N2O3/c1-11(2)16-7-6-15(18)17-12-4-5-13-14(10-12)20-9-3-8-19-13/h4-5,10-11,16H,3,6-9H2,1-2H3,(H,17,18). The van der Waals surface area contributed by atoms with Gasteiger partial charge in [0.25, 0.3) is 0 Å². The average molecular weight is 278 g/mol. The number of carbonyl (C=O) groups is 1. The van der Waals surface area contributed by atoms with Crippen molar-refractivity contribution < 1.29 is 14.3 Å². The molecule has 1 heterocycles. The first-order chi connectivity index (χ1) is 9.65. The predicted octanol–water partition coefficient (Wildman–Crippen LogP) is 2.17. The lowest BCUT2D eigenvalue weighted by Gasteiger charge is -2.11. The number of anilines is 1. The molecule has 0 radical (unpaired) electrons. The summed E-state index contributed by atoms with van der Waals surface area (Å²) in [5.41, 5.74) is 0.740. The highest BCUT2D eigenvalue weighted by molar-refractivity contribution is 5.91. The van der Waals surface area contributed by atoms with Gasteiger partial charge in [0.2, 0.25) is 5.91 Å². The van der Waals surface area contributed by atoms with Crippen LogP contribution in [0.3, 0.4) is 0 Å². The lowest BCUT2D eigenvalue weighted by molar-refractivity contribution is -0.116. The van der Waals surface area contributed by atoms with E-state index < -0.39 is 0 Å². The molecule has 5 heteroatoms. The molecule has 1 aromatic carbocycles. The predicted molar refractivity (Wildman–Crippen MR) is 78.4 cm³/mol. The van der Waals surface area contributed by atoms with Crippen LogP contribution in [0.1, 0.15) is 26.7 Å². The van der Waals surface area contributed by atoms with Crippen LogP contribution >= 0.6 is 0 Å². The SMILES string of the molecule is CC(C)NCCC(=O)Nc1ccc2c(c1)OCCCO2. The summed E-state index contributed by atoms with van der Waals surface area (Å²) < 4.78 is 11.1. The first-order valence-electron chi connectivity index (χ1n) is 7.08. The van der Waals surface area contributed by atoms with Crippen LogP contribution in [-0.2, 0) is 4.79 Å². The Morgan fingerprint density at radius 1 is 1.25 bits per heavy atom. The van der Waals surface area contributed by atoms with Crippen molar-refractivity contribution in [1.82, 2.24) is 5.32 Å². The number of hydrogen-bond donors (Lipinski definition) is 2. The Labute approximate surface area is 119 Å². The van der Waals surface area contributed by atoms with Crippen molar-refractivity contribution >= 4 is 11.6 Å². The molecule has 1 aromatic rings. The van der Waals surface area contributed by atoms with E-state index in [2.05, 4.69) is 24.5 Å². The van der Waals surface area contributed by atoms with Gasteiger partial charge in [0, 0.05) is 37.2 Å². The second-order valence-corrected chi connectivity index (χ2v) is 5.12. The van der Waals surface area contributed by atoms with Crippen molar-refractivity contribution in [3.8, 4) is 11.5 Å². The molecule has 0 fully saturated rings. The monoisotopic (exact) mass is 278 g/mol. The van der Waals surface area contributed by atoms with Crippen LogP contribution in [0, 0.1) is 0 Å². The topological polar surface area (TPSA) is 59.6 Å². The minimum absolute atomic E-state index is 0.00681. The Bertz CT molecular complexity index is 460. The highest BCUT2D eigenvalue weighted by atomic mass is 16.5. The highest BCUT2D eigenvalue weighted by Gasteiger charge is 2.11. The summed E-state index contributed by atoms with van der Waals surface area (Å²) in [6.07, 6.45) is 1.32. The van der Waals surface area contributed by atoms with Crippen LogP contribution in [0.2, 0.25) is 0 Å². The summed E-state index contributed by atoms with van der Waals surface area (Å²) >= 11 is 0. The molecule has 110 valence electrons. The maximum atomic E-state index is 11.8. The lowest BCUT2D eigenvalue weighted by atomic mass is 10.2. The second-order valence-electron chi connectivity index (χ2n) is 5.12. The molecule has 0 aliphatic carbocycles. The van der Waals surface area contributed by atoms with Gasteiger partial charge in [-0.25, -0.2) is 0 Å². The molecule has 0 atom stereocenters. The van der Waals surface area contributed by atoms with Gasteiger partial charge < -0.3 is 20.1 Å². The Balaban J connectivity index is 1.89. The Kier molecular flexibility index (Phi) is 5.24. The van der Waals surface area contributed by atoms with E-state index in [4.69, 9.17) is 9.47 Å². The van der Waals surface area contributed by atoms with Gasteiger partial charge in [-0.1, -0.05) is 13.8 Å². The van der Waals surface area contributed by atoms with E-state index in [0.717, 1.165) is 17.9 Å². The molecule has 5 nitrogen and oxygen atoms in total. The molecule has 0 aromatic heterocycles. The maximum Gasteiger partial charge on any atom is 0.225 e. The lowest BCUT2D eigenvalue weighted by Crippen LogP contribution is -2.27. The zero-order chi connectivity index (χ0) is 14.4. The number of hydrogen-bond acceptors (Lipinski definition) is 4. The summed E-state index contributed by atoms with van der Waals surface area (Å²) in [7, 11) is 0. The van der Waals surface area contributed by atoms with Gasteiger partial charge in [-0.15, -0.1) is 0 Å². The van der Waals surface area contributed by atoms with E-state index in [0.29, 0.717) is 38.0 Å². The van der Waals surface area contributed by atoms with Crippen LogP contribution in [0.4, 0.5) is 5.69 Å². The number of nitrogens with one attached hydrogen (secondary N) is 2. The van der Waals surface area contributed by atoms with E-state index in [1.807, 2.05) is 18.2 Å². The second kappa shape index (κ2) is 7.14. The Morgan fingerprint density at radius 3 is 2.75 bits per heavy atom. The zero-order valence-electron chi connectivity index (χ0n) is 12.1. The zero-order valence-corrected chi connectivity index (χ0v) is 12.1. The van der Waals surface area contributed by atoms with Crippen molar-refractivity contribution in [2.75, 3.05) is 25.1 Å². The number of benzene rings is 1. The molecule has 0 saturated carbocycles. The first-order valence-corrected chi connectivity index (χ1v) is 7.08. The van der Waals surface area contributed by atoms with Gasteiger partial charge in [-0.05, 0) is 12.1 Å². The number of rotatable bonds is 5. The Morgan fingerprint density at radius 2 is 2.00 bits per heavy atom. The fourth-order valence-corrected chi connectivity index (χ4v) is 1.94. The third-order valence-electron chi connectivity index (χ3n) is 2.94. The molecule has 1 aliphatic rings. The third-order valence-corrected chi connectivity index (χ3v) is 2.94. The molecule has 2 N–H and O–H groups in total. The summed E-state index contributed by atoms with van der Waals surface area (Å²) in [5.74, 6) is 1.43. The first kappa shape index (κ1) is 14.7. The minimum Gasteiger partial charge on any atom is -0.490 e. The van der Waals surface area contributed by atoms with Crippen molar-refractivity contribution in [3.63, 3.8) is 0 Å². The molecule has 20 heavy (non-hydrogen) atoms. The van der Waals surface area contributed by atoms with Crippen LogP contribution in [0.25, 0.3) is 0 Å². The Hall–Kier alpha value is -1.75. The van der Waals surface area contributed by atoms with Gasteiger partial charge in [0.05, 0.1) is 13.2 Å². The molecule has 0 unspecified atom stereocenters. The van der Waals surface area contributed by atoms with Crippen LogP contribution in [0.5, 0.6) is 11.5 Å². The van der Waals surface area contributed by atoms with Crippen LogP contribution in [-0.4, -0.2) is 31.7 Å². The third kappa shape index (κ3) is 4.42. The smallest absolute Gasteiger partial charge is 0.225 e. The molecule has 1 aliphatic heterocycles. The van der Waals surface area contributed by atoms with Crippen LogP contribution in [0.15, 0.2) is 18.2 Å². The van der Waals surface area contributed by atoms with Crippen molar-refractivity contribution in [3.05, 3.63) is 18.2 Å². The largest absolute Gasteiger partial charge is 0.490 e. The number of amides is 1. The highest BCUT2D eigenvalue weighted by Crippen LogP contribution is 2.32. The fraction of sp³-hybridized carbons (Fsp3) is 0.533. The van der Waals surface area contributed by atoms with E-state index in [1.54, 1.807) is 0 Å². The van der Waals surface area contributed by atoms with Gasteiger partial charge in [0.15, 0.2) is 11.5 Å². The van der Waals surface area contributed by atoms with Gasteiger partial charge in [-0.3, -0.25) is 4.79 Å². The van der Waals surface area contributed by atoms with Crippen LogP contribution < -0.4 is 20.1 Å². The molecular weight excluding hydrogens is 256 g/mol. The molecule has 2 rings (SSSR count). The molecular formula is C15H22N2O3. The maximum absolute atomic E-state index is 11.8. The minimum atomic E-state index is -0.00681. The van der Waals surface area contributed by atoms with Crippen molar-refractivity contribution in [2.45, 2.75) is 32.7 Å². The van der Waals surface area contributed by atoms with Gasteiger partial charge in [0.1, 0.15) is 0 Å². The molecule has 0 bridgehead atoms. The number of fused-ring (bicyclic) bond motifs is 1. The molecule has 0 saturated heterocycles. The van der Waals surface area contributed by atoms with Gasteiger partial charge in [-0.2, -0.15) is 0 Å². The summed E-state index contributed by atoms with van der Waals surface area (Å²) in [5, 5.41) is 6.09. The summed E-state index contributed by atoms with van der Waals surface area (Å²) in [6, 6.07) is 5.87. The summed E-state index contributed by atoms with van der Waals surface area (Å²) in [4.78, 5) is 11.8. The van der Waals surface area contributed by atoms with E-state index in [-0.39, 0.29) is 5.91 Å². The fourth-order valence-electron chi connectivity index (χ4n) is 1.94. The number of carbonyl (C=O) groups excluding carboxylic acids is 1. The van der Waals surface area contributed by atoms with Crippen molar-refractivity contribution in [1.29, 1.82) is 0 Å². The molecule has 1 amide bonds. The van der Waals surface area contributed by atoms with Gasteiger partial charge >= 0.3 is 0 Å².